The number of hydrogen-bond acceptors (Lipinski definition) is 3. The van der Waals surface area contributed by atoms with Gasteiger partial charge in [0.2, 0.25) is 0 Å². The average molecular weight is 693 g/mol. The lowest BCUT2D eigenvalue weighted by atomic mass is 10.0. The van der Waals surface area contributed by atoms with Gasteiger partial charge in [-0.15, -0.1) is 0 Å². The first kappa shape index (κ1) is 31.2. The van der Waals surface area contributed by atoms with E-state index in [1.165, 1.54) is 42.5 Å². The molecule has 10 rings (SSSR count). The molecule has 0 atom stereocenters. The second-order valence-electron chi connectivity index (χ2n) is 13.3. The first-order valence-electron chi connectivity index (χ1n) is 17.9. The molecule has 0 aliphatic heterocycles. The maximum atomic E-state index is 5.45. The summed E-state index contributed by atoms with van der Waals surface area (Å²) in [5.74, 6) is 0. The number of rotatable bonds is 6. The summed E-state index contributed by atoms with van der Waals surface area (Å²) < 4.78 is 0. The van der Waals surface area contributed by atoms with E-state index in [4.69, 9.17) is 9.98 Å². The molecule has 0 heterocycles. The summed E-state index contributed by atoms with van der Waals surface area (Å²) in [4.78, 5) is 13.3. The van der Waals surface area contributed by atoms with Crippen LogP contribution in [-0.4, -0.2) is 11.4 Å². The van der Waals surface area contributed by atoms with Crippen LogP contribution in [0, 0.1) is 0 Å². The van der Waals surface area contributed by atoms with Gasteiger partial charge < -0.3 is 0 Å². The number of hydrogen-bond donors (Lipinski definition) is 0. The first-order chi connectivity index (χ1) is 26.3. The Morgan fingerprint density at radius 2 is 0.660 bits per heavy atom. The van der Waals surface area contributed by atoms with Crippen molar-refractivity contribution in [1.82, 2.24) is 0 Å². The highest BCUT2D eigenvalue weighted by atomic mass is 32.2. The summed E-state index contributed by atoms with van der Waals surface area (Å²) in [5, 5.41) is 4.78. The zero-order valence-electron chi connectivity index (χ0n) is 28.8. The summed E-state index contributed by atoms with van der Waals surface area (Å²) in [6, 6.07) is 68.9. The van der Waals surface area contributed by atoms with Gasteiger partial charge in [-0.25, -0.2) is 9.98 Å². The van der Waals surface area contributed by atoms with Crippen LogP contribution < -0.4 is 0 Å². The van der Waals surface area contributed by atoms with E-state index in [1.54, 1.807) is 0 Å². The molecule has 53 heavy (non-hydrogen) atoms. The van der Waals surface area contributed by atoms with E-state index in [-0.39, 0.29) is 0 Å². The van der Waals surface area contributed by atoms with E-state index >= 15 is 0 Å². The lowest BCUT2D eigenvalue weighted by molar-refractivity contribution is 1.52. The molecule has 0 fully saturated rings. The van der Waals surface area contributed by atoms with Gasteiger partial charge in [-0.1, -0.05) is 182 Å². The second-order valence-corrected chi connectivity index (χ2v) is 14.3. The van der Waals surface area contributed by atoms with Crippen molar-refractivity contribution < 1.29 is 0 Å². The van der Waals surface area contributed by atoms with E-state index in [0.29, 0.717) is 0 Å². The SMILES string of the molecule is c1ccc(C2=C(SC3=C(c4ccccc4)C(=Nc4ccc5ccccc5c4)c4ccccc43)c3ccccc3C2=Nc2ccc3ccccc3c2)cc1. The van der Waals surface area contributed by atoms with Crippen LogP contribution in [0.25, 0.3) is 42.5 Å². The molecule has 0 spiro atoms. The molecule has 0 saturated carbocycles. The Morgan fingerprint density at radius 3 is 1.09 bits per heavy atom. The maximum absolute atomic E-state index is 5.45. The Hall–Kier alpha value is -6.55. The minimum Gasteiger partial charge on any atom is -0.248 e. The van der Waals surface area contributed by atoms with Gasteiger partial charge in [0, 0.05) is 32.1 Å². The number of benzene rings is 8. The number of thioether (sulfide) groups is 1. The highest BCUT2D eigenvalue weighted by Gasteiger charge is 2.35. The van der Waals surface area contributed by atoms with Gasteiger partial charge in [-0.3, -0.25) is 0 Å². The van der Waals surface area contributed by atoms with Crippen LogP contribution in [0.3, 0.4) is 0 Å². The molecule has 2 aliphatic rings. The smallest absolute Gasteiger partial charge is 0.0805 e. The zero-order valence-corrected chi connectivity index (χ0v) is 29.6. The van der Waals surface area contributed by atoms with Gasteiger partial charge in [-0.05, 0) is 68.1 Å². The van der Waals surface area contributed by atoms with Crippen molar-refractivity contribution in [3.8, 4) is 0 Å². The molecule has 0 N–H and O–H groups in total. The summed E-state index contributed by atoms with van der Waals surface area (Å²) in [5.41, 5.74) is 13.1. The van der Waals surface area contributed by atoms with Crippen LogP contribution in [0.5, 0.6) is 0 Å². The Bertz CT molecular complexity index is 2650. The molecule has 8 aromatic carbocycles. The Labute approximate surface area is 313 Å². The third kappa shape index (κ3) is 5.63. The van der Waals surface area contributed by atoms with Crippen molar-refractivity contribution in [3.63, 3.8) is 0 Å². The fourth-order valence-corrected chi connectivity index (χ4v) is 8.98. The lowest BCUT2D eigenvalue weighted by Crippen LogP contribution is -2.00. The number of allylic oxidation sites excluding steroid dienone is 2. The van der Waals surface area contributed by atoms with E-state index in [1.807, 2.05) is 11.8 Å². The van der Waals surface area contributed by atoms with Crippen molar-refractivity contribution >= 4 is 77.1 Å². The van der Waals surface area contributed by atoms with E-state index in [0.717, 1.165) is 56.2 Å². The molecule has 0 aromatic heterocycles. The molecule has 0 bridgehead atoms. The molecule has 248 valence electrons. The molecule has 0 unspecified atom stereocenters. The quantitative estimate of drug-likeness (QED) is 0.170. The van der Waals surface area contributed by atoms with Gasteiger partial charge in [0.25, 0.3) is 0 Å². The monoisotopic (exact) mass is 692 g/mol. The van der Waals surface area contributed by atoms with Crippen LogP contribution in [0.2, 0.25) is 0 Å². The highest BCUT2D eigenvalue weighted by Crippen LogP contribution is 2.55. The summed E-state index contributed by atoms with van der Waals surface area (Å²) in [6.45, 7) is 0. The Balaban J connectivity index is 1.22. The van der Waals surface area contributed by atoms with Gasteiger partial charge in [0.05, 0.1) is 22.8 Å². The topological polar surface area (TPSA) is 24.7 Å². The number of fused-ring (bicyclic) bond motifs is 4. The van der Waals surface area contributed by atoms with Crippen LogP contribution in [0.1, 0.15) is 33.4 Å². The van der Waals surface area contributed by atoms with Crippen LogP contribution in [-0.2, 0) is 0 Å². The summed E-state index contributed by atoms with van der Waals surface area (Å²) in [7, 11) is 0. The minimum absolute atomic E-state index is 0.938. The van der Waals surface area contributed by atoms with Crippen LogP contribution >= 0.6 is 11.8 Å². The average Bonchev–Trinajstić information content (AvgIpc) is 3.70. The van der Waals surface area contributed by atoms with Crippen LogP contribution in [0.4, 0.5) is 11.4 Å². The predicted molar refractivity (Wildman–Crippen MR) is 227 cm³/mol. The standard InChI is InChI=1S/C50H32N2S/c1-3-17-35(18-4-1)45-47(51-39-29-27-33-15-7-9-21-37(33)31-39)41-23-11-13-25-43(41)49(45)53-50-44-26-14-12-24-42(44)48(46(50)36-19-5-2-6-20-36)52-40-30-28-34-16-8-10-22-38(34)32-40/h1-32H. The van der Waals surface area contributed by atoms with E-state index in [9.17, 15) is 0 Å². The first-order valence-corrected chi connectivity index (χ1v) is 18.7. The Morgan fingerprint density at radius 1 is 0.302 bits per heavy atom. The molecule has 0 amide bonds. The van der Waals surface area contributed by atoms with Crippen molar-refractivity contribution in [3.05, 3.63) is 228 Å². The van der Waals surface area contributed by atoms with Crippen molar-refractivity contribution in [2.45, 2.75) is 0 Å². The highest BCUT2D eigenvalue weighted by molar-refractivity contribution is 8.17. The molecule has 3 heteroatoms. The second kappa shape index (κ2) is 13.2. The van der Waals surface area contributed by atoms with Crippen molar-refractivity contribution in [1.29, 1.82) is 0 Å². The fraction of sp³-hybridized carbons (Fsp3) is 0. The van der Waals surface area contributed by atoms with E-state index < -0.39 is 0 Å². The fourth-order valence-electron chi connectivity index (χ4n) is 7.57. The minimum atomic E-state index is 0.938. The molecule has 0 saturated heterocycles. The summed E-state index contributed by atoms with van der Waals surface area (Å²) >= 11 is 1.84. The van der Waals surface area contributed by atoms with Crippen molar-refractivity contribution in [2.75, 3.05) is 0 Å². The molecule has 8 aromatic rings. The van der Waals surface area contributed by atoms with Crippen LogP contribution in [0.15, 0.2) is 204 Å². The van der Waals surface area contributed by atoms with Gasteiger partial charge in [0.1, 0.15) is 0 Å². The summed E-state index contributed by atoms with van der Waals surface area (Å²) in [6.07, 6.45) is 0. The largest absolute Gasteiger partial charge is 0.248 e. The predicted octanol–water partition coefficient (Wildman–Crippen LogP) is 13.4. The Kier molecular flexibility index (Phi) is 7.78. The molecular formula is C50H32N2S. The van der Waals surface area contributed by atoms with Crippen molar-refractivity contribution in [2.24, 2.45) is 9.98 Å². The molecule has 2 aliphatic carbocycles. The third-order valence-corrected chi connectivity index (χ3v) is 11.3. The number of nitrogens with zero attached hydrogens (tertiary/aromatic N) is 2. The van der Waals surface area contributed by atoms with Gasteiger partial charge >= 0.3 is 0 Å². The lowest BCUT2D eigenvalue weighted by Gasteiger charge is -2.13. The molecule has 0 radical (unpaired) electrons. The third-order valence-electron chi connectivity index (χ3n) is 10.1. The number of aliphatic imine (C=N–C) groups is 2. The molecular weight excluding hydrogens is 661 g/mol. The van der Waals surface area contributed by atoms with Gasteiger partial charge in [0.15, 0.2) is 0 Å². The maximum Gasteiger partial charge on any atom is 0.0805 e. The van der Waals surface area contributed by atoms with Gasteiger partial charge in [-0.2, -0.15) is 0 Å². The zero-order chi connectivity index (χ0) is 35.1. The molecule has 2 nitrogen and oxygen atoms in total. The normalized spacial score (nSPS) is 15.2. The van der Waals surface area contributed by atoms with E-state index in [2.05, 4.69) is 194 Å².